The van der Waals surface area contributed by atoms with Crippen LogP contribution in [0.5, 0.6) is 0 Å². The topological polar surface area (TPSA) is 66.4 Å². The fraction of sp³-hybridized carbons (Fsp3) is 0.167. The van der Waals surface area contributed by atoms with Gasteiger partial charge in [0.15, 0.2) is 0 Å². The Morgan fingerprint density at radius 1 is 1.39 bits per heavy atom. The summed E-state index contributed by atoms with van der Waals surface area (Å²) in [5.74, 6) is -1.94. The summed E-state index contributed by atoms with van der Waals surface area (Å²) in [5.41, 5.74) is 0. The SMILES string of the molecule is CC(NC(=O)c1cc2cc(F)ccc2s1)C(=O)O. The minimum Gasteiger partial charge on any atom is -0.480 e. The molecule has 1 heterocycles. The molecular formula is C12H10FNO3S. The van der Waals surface area contributed by atoms with Crippen LogP contribution in [0.25, 0.3) is 10.1 Å². The second-order valence-corrected chi connectivity index (χ2v) is 4.91. The molecule has 94 valence electrons. The Labute approximate surface area is 106 Å². The lowest BCUT2D eigenvalue weighted by molar-refractivity contribution is -0.138. The van der Waals surface area contributed by atoms with Crippen molar-refractivity contribution >= 4 is 33.3 Å². The first-order valence-corrected chi connectivity index (χ1v) is 6.02. The zero-order valence-corrected chi connectivity index (χ0v) is 10.3. The van der Waals surface area contributed by atoms with Gasteiger partial charge in [0.25, 0.3) is 5.91 Å². The predicted octanol–water partition coefficient (Wildman–Crippen LogP) is 2.24. The predicted molar refractivity (Wildman–Crippen MR) is 66.3 cm³/mol. The monoisotopic (exact) mass is 267 g/mol. The minimum atomic E-state index is -1.10. The van der Waals surface area contributed by atoms with E-state index in [1.807, 2.05) is 0 Å². The van der Waals surface area contributed by atoms with Gasteiger partial charge in [-0.3, -0.25) is 9.59 Å². The maximum atomic E-state index is 13.0. The van der Waals surface area contributed by atoms with E-state index in [4.69, 9.17) is 5.11 Å². The molecule has 0 spiro atoms. The molecule has 0 aliphatic rings. The van der Waals surface area contributed by atoms with Crippen LogP contribution in [0.15, 0.2) is 24.3 Å². The van der Waals surface area contributed by atoms with Crippen molar-refractivity contribution < 1.29 is 19.1 Å². The highest BCUT2D eigenvalue weighted by Gasteiger charge is 2.17. The van der Waals surface area contributed by atoms with Crippen LogP contribution in [-0.4, -0.2) is 23.0 Å². The summed E-state index contributed by atoms with van der Waals surface area (Å²) in [7, 11) is 0. The van der Waals surface area contributed by atoms with E-state index in [0.717, 1.165) is 4.70 Å². The Morgan fingerprint density at radius 3 is 2.78 bits per heavy atom. The molecule has 1 atom stereocenters. The number of hydrogen-bond donors (Lipinski definition) is 2. The second-order valence-electron chi connectivity index (χ2n) is 3.83. The molecule has 18 heavy (non-hydrogen) atoms. The van der Waals surface area contributed by atoms with Crippen molar-refractivity contribution in [2.24, 2.45) is 0 Å². The molecule has 0 saturated heterocycles. The lowest BCUT2D eigenvalue weighted by Crippen LogP contribution is -2.37. The lowest BCUT2D eigenvalue weighted by atomic mass is 10.2. The van der Waals surface area contributed by atoms with E-state index >= 15 is 0 Å². The van der Waals surface area contributed by atoms with Crippen LogP contribution in [-0.2, 0) is 4.79 Å². The van der Waals surface area contributed by atoms with Gasteiger partial charge in [-0.15, -0.1) is 11.3 Å². The third-order valence-corrected chi connectivity index (χ3v) is 3.54. The van der Waals surface area contributed by atoms with Gasteiger partial charge in [-0.05, 0) is 36.6 Å². The van der Waals surface area contributed by atoms with Gasteiger partial charge in [0, 0.05) is 4.70 Å². The van der Waals surface area contributed by atoms with E-state index in [-0.39, 0.29) is 5.82 Å². The number of amides is 1. The summed E-state index contributed by atoms with van der Waals surface area (Å²) in [6, 6.07) is 4.84. The molecule has 1 unspecified atom stereocenters. The Balaban J connectivity index is 2.26. The first-order chi connectivity index (χ1) is 8.47. The van der Waals surface area contributed by atoms with Gasteiger partial charge in [-0.25, -0.2) is 4.39 Å². The van der Waals surface area contributed by atoms with E-state index in [1.54, 1.807) is 12.1 Å². The standard InChI is InChI=1S/C12H10FNO3S/c1-6(12(16)17)14-11(15)10-5-7-4-8(13)2-3-9(7)18-10/h2-6H,1H3,(H,14,15)(H,16,17). The summed E-state index contributed by atoms with van der Waals surface area (Å²) in [6.07, 6.45) is 0. The number of halogens is 1. The van der Waals surface area contributed by atoms with Gasteiger partial charge in [0.2, 0.25) is 0 Å². The van der Waals surface area contributed by atoms with Crippen LogP contribution < -0.4 is 5.32 Å². The van der Waals surface area contributed by atoms with Gasteiger partial charge in [-0.1, -0.05) is 0 Å². The number of hydrogen-bond acceptors (Lipinski definition) is 3. The largest absolute Gasteiger partial charge is 0.480 e. The van der Waals surface area contributed by atoms with Crippen LogP contribution in [0.1, 0.15) is 16.6 Å². The number of aliphatic carboxylic acids is 1. The van der Waals surface area contributed by atoms with Crippen molar-refractivity contribution in [2.45, 2.75) is 13.0 Å². The number of carbonyl (C=O) groups is 2. The zero-order valence-electron chi connectivity index (χ0n) is 9.44. The molecule has 1 aromatic heterocycles. The molecule has 2 rings (SSSR count). The van der Waals surface area contributed by atoms with Crippen molar-refractivity contribution in [2.75, 3.05) is 0 Å². The molecular weight excluding hydrogens is 257 g/mol. The number of carboxylic acids is 1. The van der Waals surface area contributed by atoms with Crippen LogP contribution in [0.2, 0.25) is 0 Å². The molecule has 0 aliphatic heterocycles. The summed E-state index contributed by atoms with van der Waals surface area (Å²) >= 11 is 1.20. The Kier molecular flexibility index (Phi) is 3.29. The molecule has 1 aromatic carbocycles. The highest BCUT2D eigenvalue weighted by molar-refractivity contribution is 7.20. The van der Waals surface area contributed by atoms with Crippen molar-refractivity contribution in [3.8, 4) is 0 Å². The summed E-state index contributed by atoms with van der Waals surface area (Å²) in [4.78, 5) is 22.7. The number of fused-ring (bicyclic) bond motifs is 1. The van der Waals surface area contributed by atoms with Crippen molar-refractivity contribution in [1.82, 2.24) is 5.32 Å². The van der Waals surface area contributed by atoms with E-state index in [1.165, 1.54) is 30.4 Å². The molecule has 1 amide bonds. The van der Waals surface area contributed by atoms with Crippen LogP contribution in [0, 0.1) is 5.82 Å². The van der Waals surface area contributed by atoms with Gasteiger partial charge >= 0.3 is 5.97 Å². The van der Waals surface area contributed by atoms with E-state index in [2.05, 4.69) is 5.32 Å². The van der Waals surface area contributed by atoms with Crippen LogP contribution in [0.4, 0.5) is 4.39 Å². The van der Waals surface area contributed by atoms with Crippen LogP contribution >= 0.6 is 11.3 Å². The Hall–Kier alpha value is -1.95. The molecule has 2 N–H and O–H groups in total. The third kappa shape index (κ3) is 2.48. The zero-order chi connectivity index (χ0) is 13.3. The van der Waals surface area contributed by atoms with E-state index < -0.39 is 17.9 Å². The number of carboxylic acid groups (broad SMARTS) is 1. The maximum Gasteiger partial charge on any atom is 0.325 e. The molecule has 0 bridgehead atoms. The molecule has 0 radical (unpaired) electrons. The third-order valence-electron chi connectivity index (χ3n) is 2.42. The molecule has 6 heteroatoms. The fourth-order valence-corrected chi connectivity index (χ4v) is 2.40. The normalized spacial score (nSPS) is 12.3. The average molecular weight is 267 g/mol. The number of benzene rings is 1. The van der Waals surface area contributed by atoms with E-state index in [0.29, 0.717) is 10.3 Å². The van der Waals surface area contributed by atoms with Gasteiger partial charge in [-0.2, -0.15) is 0 Å². The number of nitrogens with one attached hydrogen (secondary N) is 1. The minimum absolute atomic E-state index is 0.365. The first-order valence-electron chi connectivity index (χ1n) is 5.20. The maximum absolute atomic E-state index is 13.0. The summed E-state index contributed by atoms with van der Waals surface area (Å²) in [5, 5.41) is 11.7. The average Bonchev–Trinajstić information content (AvgIpc) is 2.71. The molecule has 4 nitrogen and oxygen atoms in total. The van der Waals surface area contributed by atoms with Gasteiger partial charge in [0.1, 0.15) is 11.9 Å². The van der Waals surface area contributed by atoms with Gasteiger partial charge < -0.3 is 10.4 Å². The number of rotatable bonds is 3. The molecule has 0 saturated carbocycles. The van der Waals surface area contributed by atoms with Crippen molar-refractivity contribution in [3.05, 3.63) is 35.0 Å². The highest BCUT2D eigenvalue weighted by atomic mass is 32.1. The molecule has 2 aromatic rings. The second kappa shape index (κ2) is 4.73. The first kappa shape index (κ1) is 12.5. The summed E-state index contributed by atoms with van der Waals surface area (Å²) < 4.78 is 13.8. The lowest BCUT2D eigenvalue weighted by Gasteiger charge is -2.07. The number of carbonyl (C=O) groups excluding carboxylic acids is 1. The Bertz CT molecular complexity index is 623. The summed E-state index contributed by atoms with van der Waals surface area (Å²) in [6.45, 7) is 1.38. The molecule has 0 fully saturated rings. The smallest absolute Gasteiger partial charge is 0.325 e. The van der Waals surface area contributed by atoms with Gasteiger partial charge in [0.05, 0.1) is 4.88 Å². The van der Waals surface area contributed by atoms with Crippen molar-refractivity contribution in [3.63, 3.8) is 0 Å². The Morgan fingerprint density at radius 2 is 2.11 bits per heavy atom. The molecule has 0 aliphatic carbocycles. The fourth-order valence-electron chi connectivity index (χ4n) is 1.46. The van der Waals surface area contributed by atoms with Crippen LogP contribution in [0.3, 0.4) is 0 Å². The van der Waals surface area contributed by atoms with Crippen molar-refractivity contribution in [1.29, 1.82) is 0 Å². The highest BCUT2D eigenvalue weighted by Crippen LogP contribution is 2.26. The quantitative estimate of drug-likeness (QED) is 0.896. The number of thiophene rings is 1. The van der Waals surface area contributed by atoms with E-state index in [9.17, 15) is 14.0 Å².